The first kappa shape index (κ1) is 13.9. The molecule has 0 unspecified atom stereocenters. The zero-order valence-electron chi connectivity index (χ0n) is 10.6. The number of hydrogen-bond donors (Lipinski definition) is 3. The van der Waals surface area contributed by atoms with E-state index in [9.17, 15) is 10.2 Å². The summed E-state index contributed by atoms with van der Waals surface area (Å²) in [5, 5.41) is 29.0. The van der Waals surface area contributed by atoms with E-state index in [1.165, 1.54) is 12.7 Å². The van der Waals surface area contributed by atoms with Crippen molar-refractivity contribution in [3.05, 3.63) is 12.7 Å². The molecule has 0 spiro atoms. The molecular weight excluding hydrogens is 331 g/mol. The van der Waals surface area contributed by atoms with Gasteiger partial charge < -0.3 is 0 Å². The third kappa shape index (κ3) is 2.03. The topological polar surface area (TPSA) is 114 Å². The molecule has 0 saturated carbocycles. The van der Waals surface area contributed by atoms with Gasteiger partial charge in [0, 0.05) is 0 Å². The van der Waals surface area contributed by atoms with Crippen LogP contribution in [0.2, 0.25) is 5.82 Å². The minimum atomic E-state index is -1.14. The Bertz CT molecular complexity index is 621. The predicted octanol–water partition coefficient (Wildman–Crippen LogP) is -2.18. The van der Waals surface area contributed by atoms with E-state index in [-0.39, 0.29) is 21.6 Å². The third-order valence-corrected chi connectivity index (χ3v) is 4.75. The molecule has 0 aliphatic carbocycles. The molecule has 9 heteroatoms. The Hall–Kier alpha value is -1.09. The minimum absolute atomic E-state index is 0.169. The molecule has 3 rings (SSSR count). The molecule has 108 valence electrons. The first-order valence-corrected chi connectivity index (χ1v) is 8.58. The van der Waals surface area contributed by atoms with Gasteiger partial charge in [0.05, 0.1) is 0 Å². The van der Waals surface area contributed by atoms with Crippen LogP contribution in [-0.2, 0) is 4.74 Å². The van der Waals surface area contributed by atoms with Crippen molar-refractivity contribution >= 4 is 30.7 Å². The number of aromatic nitrogens is 4. The van der Waals surface area contributed by atoms with Gasteiger partial charge in [0.15, 0.2) is 0 Å². The van der Waals surface area contributed by atoms with Crippen LogP contribution in [0.25, 0.3) is 11.2 Å². The Balaban J connectivity index is 2.03. The van der Waals surface area contributed by atoms with E-state index in [0.717, 1.165) is 4.59 Å². The average molecular weight is 345 g/mol. The Morgan fingerprint density at radius 2 is 2.10 bits per heavy atom. The van der Waals surface area contributed by atoms with Gasteiger partial charge in [-0.1, -0.05) is 0 Å². The van der Waals surface area contributed by atoms with Crippen LogP contribution in [0.3, 0.4) is 0 Å². The summed E-state index contributed by atoms with van der Waals surface area (Å²) in [4.78, 5) is 12.6. The van der Waals surface area contributed by atoms with Gasteiger partial charge in [-0.25, -0.2) is 0 Å². The molecule has 1 fully saturated rings. The third-order valence-electron chi connectivity index (χ3n) is 3.31. The quantitative estimate of drug-likeness (QED) is 0.542. The molecule has 0 bridgehead atoms. The molecule has 0 radical (unpaired) electrons. The van der Waals surface area contributed by atoms with Crippen LogP contribution < -0.4 is 4.59 Å². The maximum atomic E-state index is 10.0. The van der Waals surface area contributed by atoms with Crippen molar-refractivity contribution < 1.29 is 20.1 Å². The number of fused-ring (bicyclic) bond motifs is 1. The fraction of sp³-hybridized carbons (Fsp3) is 0.545. The maximum absolute atomic E-state index is 10.0. The van der Waals surface area contributed by atoms with Gasteiger partial charge in [-0.15, -0.1) is 0 Å². The van der Waals surface area contributed by atoms with Crippen molar-refractivity contribution in [1.29, 1.82) is 0 Å². The van der Waals surface area contributed by atoms with E-state index in [0.29, 0.717) is 11.2 Å². The van der Waals surface area contributed by atoms with Gasteiger partial charge in [0.2, 0.25) is 0 Å². The van der Waals surface area contributed by atoms with Crippen LogP contribution in [0.5, 0.6) is 0 Å². The van der Waals surface area contributed by atoms with Gasteiger partial charge >= 0.3 is 120 Å². The Morgan fingerprint density at radius 1 is 1.30 bits per heavy atom. The molecule has 4 atom stereocenters. The van der Waals surface area contributed by atoms with Crippen molar-refractivity contribution in [2.45, 2.75) is 30.4 Å². The van der Waals surface area contributed by atoms with Crippen LogP contribution in [-0.4, -0.2) is 74.7 Å². The SMILES string of the molecule is C[Se]c1ncnc2c1ncn2[C@@H]1O[C@H](CO)[C@@H](O)[C@H]1O. The van der Waals surface area contributed by atoms with E-state index in [1.54, 1.807) is 4.57 Å². The van der Waals surface area contributed by atoms with Crippen molar-refractivity contribution in [2.75, 3.05) is 6.61 Å². The average Bonchev–Trinajstić information content (AvgIpc) is 3.01. The summed E-state index contributed by atoms with van der Waals surface area (Å²) in [5.41, 5.74) is 1.22. The van der Waals surface area contributed by atoms with E-state index >= 15 is 0 Å². The summed E-state index contributed by atoms with van der Waals surface area (Å²) in [7, 11) is 0. The van der Waals surface area contributed by atoms with E-state index in [4.69, 9.17) is 9.84 Å². The van der Waals surface area contributed by atoms with Crippen LogP contribution in [0, 0.1) is 0 Å². The summed E-state index contributed by atoms with van der Waals surface area (Å²) in [5.74, 6) is 2.03. The zero-order chi connectivity index (χ0) is 14.3. The molecule has 1 aliphatic rings. The molecule has 1 aliphatic heterocycles. The van der Waals surface area contributed by atoms with E-state index in [2.05, 4.69) is 15.0 Å². The first-order chi connectivity index (χ1) is 9.67. The van der Waals surface area contributed by atoms with Crippen LogP contribution in [0.15, 0.2) is 12.7 Å². The second kappa shape index (κ2) is 5.36. The summed E-state index contributed by atoms with van der Waals surface area (Å²) < 4.78 is 7.91. The molecule has 2 aromatic rings. The zero-order valence-corrected chi connectivity index (χ0v) is 12.3. The summed E-state index contributed by atoms with van der Waals surface area (Å²) in [6.45, 7) is -0.361. The number of aliphatic hydroxyl groups excluding tert-OH is 3. The Morgan fingerprint density at radius 3 is 2.75 bits per heavy atom. The van der Waals surface area contributed by atoms with Gasteiger partial charge in [0.25, 0.3) is 0 Å². The van der Waals surface area contributed by atoms with E-state index in [1.807, 2.05) is 5.82 Å². The molecule has 20 heavy (non-hydrogen) atoms. The van der Waals surface area contributed by atoms with Gasteiger partial charge in [-0.3, -0.25) is 0 Å². The summed E-state index contributed by atoms with van der Waals surface area (Å²) in [6.07, 6.45) is -0.963. The van der Waals surface area contributed by atoms with Crippen molar-refractivity contribution in [1.82, 2.24) is 19.5 Å². The van der Waals surface area contributed by atoms with Gasteiger partial charge in [-0.2, -0.15) is 0 Å². The molecule has 2 aromatic heterocycles. The molecule has 3 heterocycles. The number of aliphatic hydroxyl groups is 3. The number of imidazole rings is 1. The van der Waals surface area contributed by atoms with Gasteiger partial charge in [0.1, 0.15) is 0 Å². The monoisotopic (exact) mass is 346 g/mol. The summed E-state index contributed by atoms with van der Waals surface area (Å²) >= 11 is 0.169. The molecular formula is C11H14N4O4Se. The number of rotatable bonds is 3. The van der Waals surface area contributed by atoms with Crippen molar-refractivity contribution in [3.63, 3.8) is 0 Å². The Kier molecular flexibility index (Phi) is 3.72. The van der Waals surface area contributed by atoms with E-state index < -0.39 is 24.5 Å². The predicted molar refractivity (Wildman–Crippen MR) is 69.6 cm³/mol. The molecule has 3 N–H and O–H groups in total. The fourth-order valence-corrected chi connectivity index (χ4v) is 3.30. The first-order valence-electron chi connectivity index (χ1n) is 6.01. The molecule has 0 amide bonds. The van der Waals surface area contributed by atoms with Gasteiger partial charge in [-0.05, 0) is 0 Å². The second-order valence-corrected chi connectivity index (χ2v) is 6.10. The molecule has 0 aromatic carbocycles. The molecule has 8 nitrogen and oxygen atoms in total. The standard InChI is InChI=1S/C11H14N4O4Se/c1-20-10-6-9(12-3-13-10)15(4-14-6)11-8(18)7(17)5(2-16)19-11/h3-5,7-8,11,16-18H,2H2,1H3/t5-,7-,8-,11-/m1/s1. The molecule has 1 saturated heterocycles. The van der Waals surface area contributed by atoms with Crippen LogP contribution >= 0.6 is 0 Å². The normalized spacial score (nSPS) is 30.2. The van der Waals surface area contributed by atoms with Crippen molar-refractivity contribution in [3.8, 4) is 0 Å². The van der Waals surface area contributed by atoms with Crippen LogP contribution in [0.1, 0.15) is 6.23 Å². The Labute approximate surface area is 120 Å². The second-order valence-electron chi connectivity index (χ2n) is 4.44. The summed E-state index contributed by atoms with van der Waals surface area (Å²) in [6, 6.07) is 0. The number of nitrogens with zero attached hydrogens (tertiary/aromatic N) is 4. The van der Waals surface area contributed by atoms with Crippen molar-refractivity contribution in [2.24, 2.45) is 0 Å². The van der Waals surface area contributed by atoms with Crippen LogP contribution in [0.4, 0.5) is 0 Å². The fourth-order valence-electron chi connectivity index (χ4n) is 2.28. The number of hydrogen-bond acceptors (Lipinski definition) is 7. The number of ether oxygens (including phenoxy) is 1.